The van der Waals surface area contributed by atoms with Crippen LogP contribution in [-0.2, 0) is 40.3 Å². The van der Waals surface area contributed by atoms with Crippen molar-refractivity contribution in [1.29, 1.82) is 0 Å². The molecule has 2 aromatic carbocycles. The highest BCUT2D eigenvalue weighted by Crippen LogP contribution is 2.37. The van der Waals surface area contributed by atoms with Gasteiger partial charge in [0.05, 0.1) is 24.2 Å². The van der Waals surface area contributed by atoms with Crippen molar-refractivity contribution in [3.8, 4) is 0 Å². The SMILES string of the molecule is C.CCNC(=O)C1(Cc2ccccc2)CCn2c(nnc2[C@@H](COCc2ccccc2)NC(=O)C(C)(C)N)C1. The molecule has 2 atom stereocenters. The van der Waals surface area contributed by atoms with Gasteiger partial charge in [-0.25, -0.2) is 0 Å². The second kappa shape index (κ2) is 13.0. The fourth-order valence-corrected chi connectivity index (χ4v) is 4.85. The minimum absolute atomic E-state index is 0. The number of aromatic nitrogens is 3. The lowest BCUT2D eigenvalue weighted by Crippen LogP contribution is -2.51. The highest BCUT2D eigenvalue weighted by atomic mass is 16.5. The van der Waals surface area contributed by atoms with Gasteiger partial charge >= 0.3 is 0 Å². The standard InChI is InChI=1S/C29H38N6O3.CH4/c1-4-31-27(37)29(17-21-11-7-5-8-12-21)15-16-35-24(18-29)33-34-25(35)23(32-26(36)28(2,3)30)20-38-19-22-13-9-6-10-14-22;/h5-14,23H,4,15-20,30H2,1-3H3,(H,31,37)(H,32,36);1H4/t23-,29?;/m1./s1. The maximum absolute atomic E-state index is 13.3. The Morgan fingerprint density at radius 3 is 2.33 bits per heavy atom. The van der Waals surface area contributed by atoms with E-state index in [9.17, 15) is 9.59 Å². The lowest BCUT2D eigenvalue weighted by Gasteiger charge is -2.36. The van der Waals surface area contributed by atoms with Crippen LogP contribution in [0.15, 0.2) is 60.7 Å². The van der Waals surface area contributed by atoms with Gasteiger partial charge in [0, 0.05) is 19.5 Å². The normalized spacial score (nSPS) is 17.4. The van der Waals surface area contributed by atoms with Crippen molar-refractivity contribution < 1.29 is 14.3 Å². The highest BCUT2D eigenvalue weighted by molar-refractivity contribution is 5.85. The monoisotopic (exact) mass is 534 g/mol. The molecule has 0 bridgehead atoms. The molecule has 4 rings (SSSR count). The topological polar surface area (TPSA) is 124 Å². The molecular formula is C30H42N6O3. The van der Waals surface area contributed by atoms with Gasteiger partial charge in [-0.3, -0.25) is 9.59 Å². The first-order valence-corrected chi connectivity index (χ1v) is 13.2. The predicted molar refractivity (Wildman–Crippen MR) is 152 cm³/mol. The second-order valence-corrected chi connectivity index (χ2v) is 10.6. The van der Waals surface area contributed by atoms with Crippen molar-refractivity contribution in [3.63, 3.8) is 0 Å². The molecule has 1 unspecified atom stereocenters. The van der Waals surface area contributed by atoms with Crippen molar-refractivity contribution in [2.75, 3.05) is 13.2 Å². The number of rotatable bonds is 11. The lowest BCUT2D eigenvalue weighted by atomic mass is 9.73. The second-order valence-electron chi connectivity index (χ2n) is 10.6. The van der Waals surface area contributed by atoms with Gasteiger partial charge in [-0.05, 0) is 44.7 Å². The molecule has 0 aliphatic carbocycles. The minimum Gasteiger partial charge on any atom is -0.374 e. The van der Waals surface area contributed by atoms with Crippen molar-refractivity contribution in [2.45, 2.75) is 72.2 Å². The van der Waals surface area contributed by atoms with Crippen LogP contribution in [0.1, 0.15) is 63.4 Å². The molecule has 0 radical (unpaired) electrons. The number of fused-ring (bicyclic) bond motifs is 1. The van der Waals surface area contributed by atoms with Crippen LogP contribution in [0.25, 0.3) is 0 Å². The van der Waals surface area contributed by atoms with Crippen LogP contribution in [-0.4, -0.2) is 45.3 Å². The Hall–Kier alpha value is -3.56. The lowest BCUT2D eigenvalue weighted by molar-refractivity contribution is -0.132. The maximum Gasteiger partial charge on any atom is 0.240 e. The zero-order chi connectivity index (χ0) is 27.2. The molecule has 210 valence electrons. The van der Waals surface area contributed by atoms with E-state index in [2.05, 4.69) is 33.0 Å². The third-order valence-electron chi connectivity index (χ3n) is 6.97. The quantitative estimate of drug-likeness (QED) is 0.347. The van der Waals surface area contributed by atoms with E-state index in [4.69, 9.17) is 10.5 Å². The number of nitrogens with one attached hydrogen (secondary N) is 2. The number of benzene rings is 2. The first-order chi connectivity index (χ1) is 18.2. The smallest absolute Gasteiger partial charge is 0.240 e. The molecule has 0 saturated heterocycles. The number of nitrogens with two attached hydrogens (primary N) is 1. The Balaban J connectivity index is 0.00000420. The highest BCUT2D eigenvalue weighted by Gasteiger charge is 2.43. The molecule has 0 spiro atoms. The van der Waals surface area contributed by atoms with E-state index in [1.807, 2.05) is 60.0 Å². The molecule has 9 nitrogen and oxygen atoms in total. The number of hydrogen-bond acceptors (Lipinski definition) is 6. The Morgan fingerprint density at radius 2 is 1.72 bits per heavy atom. The first kappa shape index (κ1) is 30.0. The molecule has 1 aromatic heterocycles. The van der Waals surface area contributed by atoms with Crippen molar-refractivity contribution in [3.05, 3.63) is 83.4 Å². The molecule has 1 aliphatic heterocycles. The number of ether oxygens (including phenoxy) is 1. The molecule has 0 fully saturated rings. The third-order valence-corrected chi connectivity index (χ3v) is 6.97. The van der Waals surface area contributed by atoms with E-state index in [0.29, 0.717) is 44.8 Å². The van der Waals surface area contributed by atoms with Gasteiger partial charge in [0.25, 0.3) is 0 Å². The third kappa shape index (κ3) is 7.30. The molecule has 0 saturated carbocycles. The number of carbonyl (C=O) groups is 2. The van der Waals surface area contributed by atoms with Gasteiger partial charge in [-0.15, -0.1) is 10.2 Å². The van der Waals surface area contributed by atoms with Crippen LogP contribution in [0.3, 0.4) is 0 Å². The Bertz CT molecular complexity index is 1220. The number of nitrogens with zero attached hydrogens (tertiary/aromatic N) is 3. The van der Waals surface area contributed by atoms with Crippen LogP contribution < -0.4 is 16.4 Å². The average molecular weight is 535 g/mol. The molecular weight excluding hydrogens is 492 g/mol. The van der Waals surface area contributed by atoms with Crippen molar-refractivity contribution >= 4 is 11.8 Å². The molecule has 4 N–H and O–H groups in total. The van der Waals surface area contributed by atoms with E-state index in [0.717, 1.165) is 17.0 Å². The Kier molecular flexibility index (Phi) is 9.99. The van der Waals surface area contributed by atoms with Crippen LogP contribution >= 0.6 is 0 Å². The van der Waals surface area contributed by atoms with Crippen LogP contribution in [0.4, 0.5) is 0 Å². The van der Waals surface area contributed by atoms with Crippen molar-refractivity contribution in [1.82, 2.24) is 25.4 Å². The summed E-state index contributed by atoms with van der Waals surface area (Å²) < 4.78 is 8.02. The summed E-state index contributed by atoms with van der Waals surface area (Å²) in [6.45, 7) is 6.98. The molecule has 2 amide bonds. The zero-order valence-electron chi connectivity index (χ0n) is 22.4. The number of hydrogen-bond donors (Lipinski definition) is 3. The van der Waals surface area contributed by atoms with Gasteiger partial charge in [-0.2, -0.15) is 0 Å². The van der Waals surface area contributed by atoms with Gasteiger partial charge in [0.2, 0.25) is 11.8 Å². The van der Waals surface area contributed by atoms with E-state index >= 15 is 0 Å². The van der Waals surface area contributed by atoms with Crippen molar-refractivity contribution in [2.24, 2.45) is 11.1 Å². The van der Waals surface area contributed by atoms with E-state index in [1.54, 1.807) is 13.8 Å². The van der Waals surface area contributed by atoms with Gasteiger partial charge in [0.15, 0.2) is 5.82 Å². The van der Waals surface area contributed by atoms with E-state index < -0.39 is 17.0 Å². The summed E-state index contributed by atoms with van der Waals surface area (Å²) in [4.78, 5) is 26.2. The average Bonchev–Trinajstić information content (AvgIpc) is 3.31. The summed E-state index contributed by atoms with van der Waals surface area (Å²) >= 11 is 0. The molecule has 1 aliphatic rings. The molecule has 2 heterocycles. The van der Waals surface area contributed by atoms with Crippen LogP contribution in [0.2, 0.25) is 0 Å². The van der Waals surface area contributed by atoms with E-state index in [1.165, 1.54) is 0 Å². The summed E-state index contributed by atoms with van der Waals surface area (Å²) in [5.41, 5.74) is 6.52. The molecule has 39 heavy (non-hydrogen) atoms. The summed E-state index contributed by atoms with van der Waals surface area (Å²) in [6.07, 6.45) is 1.69. The zero-order valence-corrected chi connectivity index (χ0v) is 22.4. The fraction of sp³-hybridized carbons (Fsp3) is 0.467. The predicted octanol–water partition coefficient (Wildman–Crippen LogP) is 3.34. The van der Waals surface area contributed by atoms with Crippen LogP contribution in [0, 0.1) is 5.41 Å². The summed E-state index contributed by atoms with van der Waals surface area (Å²) in [5, 5.41) is 15.0. The minimum atomic E-state index is -1.06. The first-order valence-electron chi connectivity index (χ1n) is 13.2. The largest absolute Gasteiger partial charge is 0.374 e. The van der Waals surface area contributed by atoms with E-state index in [-0.39, 0.29) is 25.8 Å². The Morgan fingerprint density at radius 1 is 1.08 bits per heavy atom. The summed E-state index contributed by atoms with van der Waals surface area (Å²) in [6, 6.07) is 19.4. The number of amides is 2. The summed E-state index contributed by atoms with van der Waals surface area (Å²) in [7, 11) is 0. The molecule has 9 heteroatoms. The summed E-state index contributed by atoms with van der Waals surface area (Å²) in [5.74, 6) is 1.05. The van der Waals surface area contributed by atoms with Gasteiger partial charge in [-0.1, -0.05) is 68.1 Å². The Labute approximate surface area is 231 Å². The number of carbonyl (C=O) groups excluding carboxylic acids is 2. The van der Waals surface area contributed by atoms with Gasteiger partial charge < -0.3 is 25.7 Å². The molecule has 3 aromatic rings. The van der Waals surface area contributed by atoms with Gasteiger partial charge in [0.1, 0.15) is 11.9 Å². The maximum atomic E-state index is 13.3. The van der Waals surface area contributed by atoms with Crippen LogP contribution in [0.5, 0.6) is 0 Å². The fourth-order valence-electron chi connectivity index (χ4n) is 4.85.